The third-order valence-electron chi connectivity index (χ3n) is 3.71. The summed E-state index contributed by atoms with van der Waals surface area (Å²) in [6, 6.07) is 7.32. The van der Waals surface area contributed by atoms with Crippen LogP contribution in [0.1, 0.15) is 40.2 Å². The molecule has 0 saturated heterocycles. The second kappa shape index (κ2) is 5.94. The molecule has 1 amide bonds. The zero-order chi connectivity index (χ0) is 15.6. The second-order valence-electron chi connectivity index (χ2n) is 6.41. The third kappa shape index (κ3) is 3.81. The van der Waals surface area contributed by atoms with Crippen LogP contribution in [0.2, 0.25) is 0 Å². The molecule has 0 aromatic heterocycles. The molecule has 1 aromatic rings. The number of hydrogen-bond acceptors (Lipinski definition) is 3. The summed E-state index contributed by atoms with van der Waals surface area (Å²) < 4.78 is 0. The molecule has 0 heterocycles. The lowest BCUT2D eigenvalue weighted by molar-refractivity contribution is -0.134. The van der Waals surface area contributed by atoms with E-state index >= 15 is 0 Å². The van der Waals surface area contributed by atoms with E-state index in [1.54, 1.807) is 13.0 Å². The number of carbonyl (C=O) groups excluding carboxylic acids is 1. The van der Waals surface area contributed by atoms with Crippen molar-refractivity contribution >= 4 is 11.6 Å². The lowest BCUT2D eigenvalue weighted by Crippen LogP contribution is -2.53. The Balaban J connectivity index is 3.04. The molecule has 0 radical (unpaired) electrons. The first-order chi connectivity index (χ1) is 9.06. The highest BCUT2D eigenvalue weighted by atomic mass is 16.3. The van der Waals surface area contributed by atoms with Crippen LogP contribution < -0.4 is 5.32 Å². The summed E-state index contributed by atoms with van der Waals surface area (Å²) in [4.78, 5) is 11.1. The molecule has 0 unspecified atom stereocenters. The fourth-order valence-electron chi connectivity index (χ4n) is 2.31. The quantitative estimate of drug-likeness (QED) is 0.792. The molecule has 0 aliphatic carbocycles. The molecule has 0 fully saturated rings. The first-order valence-electron chi connectivity index (χ1n) is 6.83. The Morgan fingerprint density at radius 1 is 1.35 bits per heavy atom. The number of nitrogens with one attached hydrogen (secondary N) is 1. The van der Waals surface area contributed by atoms with Gasteiger partial charge in [-0.25, -0.2) is 0 Å². The van der Waals surface area contributed by atoms with E-state index in [1.165, 1.54) is 6.92 Å². The van der Waals surface area contributed by atoms with Gasteiger partial charge in [0.05, 0.1) is 11.7 Å². The Labute approximate surface area is 120 Å². The molecule has 0 bridgehead atoms. The molecule has 0 aliphatic heterocycles. The van der Waals surface area contributed by atoms with E-state index in [1.807, 2.05) is 39.0 Å². The molecule has 1 aromatic carbocycles. The van der Waals surface area contributed by atoms with Crippen LogP contribution in [0.25, 0.3) is 0 Å². The van der Waals surface area contributed by atoms with Crippen molar-refractivity contribution < 1.29 is 15.0 Å². The molecule has 4 nitrogen and oxygen atoms in total. The molecule has 0 aliphatic rings. The van der Waals surface area contributed by atoms with Crippen LogP contribution in [-0.4, -0.2) is 27.8 Å². The average molecular weight is 279 g/mol. The van der Waals surface area contributed by atoms with Gasteiger partial charge in [-0.05, 0) is 30.0 Å². The molecule has 20 heavy (non-hydrogen) atoms. The van der Waals surface area contributed by atoms with E-state index in [0.717, 1.165) is 5.56 Å². The first kappa shape index (κ1) is 16.7. The van der Waals surface area contributed by atoms with Gasteiger partial charge in [-0.3, -0.25) is 4.79 Å². The van der Waals surface area contributed by atoms with Crippen LogP contribution in [0.3, 0.4) is 0 Å². The van der Waals surface area contributed by atoms with Gasteiger partial charge in [0.25, 0.3) is 0 Å². The zero-order valence-electron chi connectivity index (χ0n) is 12.9. The Morgan fingerprint density at radius 2 is 1.95 bits per heavy atom. The number of rotatable bonds is 4. The third-order valence-corrected chi connectivity index (χ3v) is 3.71. The highest BCUT2D eigenvalue weighted by Gasteiger charge is 2.44. The van der Waals surface area contributed by atoms with Crippen molar-refractivity contribution in [2.75, 3.05) is 5.32 Å². The van der Waals surface area contributed by atoms with Crippen molar-refractivity contribution in [3.63, 3.8) is 0 Å². The van der Waals surface area contributed by atoms with E-state index in [4.69, 9.17) is 0 Å². The van der Waals surface area contributed by atoms with Gasteiger partial charge in [0.1, 0.15) is 0 Å². The van der Waals surface area contributed by atoms with Crippen molar-refractivity contribution in [3.05, 3.63) is 29.8 Å². The fourth-order valence-corrected chi connectivity index (χ4v) is 2.31. The topological polar surface area (TPSA) is 69.6 Å². The molecule has 0 saturated carbocycles. The number of aliphatic hydroxyl groups is 2. The standard InChI is InChI=1S/C16H25NO3/c1-11(18)16(20,15(3,4)5)10-13-7-6-8-14(9-13)17-12(2)19/h6-9,11,18,20H,10H2,1-5H3,(H,17,19)/t11-,16-/m1/s1. The minimum absolute atomic E-state index is 0.135. The van der Waals surface area contributed by atoms with E-state index in [0.29, 0.717) is 12.1 Å². The summed E-state index contributed by atoms with van der Waals surface area (Å²) in [6.45, 7) is 8.75. The van der Waals surface area contributed by atoms with Crippen molar-refractivity contribution in [1.29, 1.82) is 0 Å². The lowest BCUT2D eigenvalue weighted by Gasteiger charge is -2.43. The van der Waals surface area contributed by atoms with Gasteiger partial charge in [-0.15, -0.1) is 0 Å². The van der Waals surface area contributed by atoms with Gasteiger partial charge in [-0.2, -0.15) is 0 Å². The second-order valence-corrected chi connectivity index (χ2v) is 6.41. The molecule has 4 heteroatoms. The van der Waals surface area contributed by atoms with Crippen LogP contribution in [0.15, 0.2) is 24.3 Å². The van der Waals surface area contributed by atoms with Crippen LogP contribution in [0, 0.1) is 5.41 Å². The molecule has 2 atom stereocenters. The molecular formula is C16H25NO3. The minimum atomic E-state index is -1.23. The smallest absolute Gasteiger partial charge is 0.221 e. The summed E-state index contributed by atoms with van der Waals surface area (Å²) in [7, 11) is 0. The van der Waals surface area contributed by atoms with Crippen molar-refractivity contribution in [1.82, 2.24) is 0 Å². The minimum Gasteiger partial charge on any atom is -0.390 e. The van der Waals surface area contributed by atoms with Gasteiger partial charge in [0.2, 0.25) is 5.91 Å². The Morgan fingerprint density at radius 3 is 2.40 bits per heavy atom. The largest absolute Gasteiger partial charge is 0.390 e. The lowest BCUT2D eigenvalue weighted by atomic mass is 9.70. The molecule has 0 spiro atoms. The fraction of sp³-hybridized carbons (Fsp3) is 0.562. The summed E-state index contributed by atoms with van der Waals surface area (Å²) in [6.07, 6.45) is -0.534. The van der Waals surface area contributed by atoms with Crippen molar-refractivity contribution in [2.45, 2.75) is 52.7 Å². The predicted octanol–water partition coefficient (Wildman–Crippen LogP) is 2.35. The molecule has 112 valence electrons. The van der Waals surface area contributed by atoms with Crippen LogP contribution in [0.5, 0.6) is 0 Å². The van der Waals surface area contributed by atoms with Gasteiger partial charge < -0.3 is 15.5 Å². The molecule has 3 N–H and O–H groups in total. The SMILES string of the molecule is CC(=O)Nc1cccc(C[C@@](O)([C@@H](C)O)C(C)(C)C)c1. The molecule has 1 rings (SSSR count). The summed E-state index contributed by atoms with van der Waals surface area (Å²) in [5.74, 6) is -0.135. The van der Waals surface area contributed by atoms with Crippen molar-refractivity contribution in [2.24, 2.45) is 5.41 Å². The van der Waals surface area contributed by atoms with E-state index in [9.17, 15) is 15.0 Å². The average Bonchev–Trinajstić information content (AvgIpc) is 2.26. The van der Waals surface area contributed by atoms with Gasteiger partial charge in [-0.1, -0.05) is 32.9 Å². The van der Waals surface area contributed by atoms with Gasteiger partial charge in [0, 0.05) is 19.0 Å². The Kier molecular flexibility index (Phi) is 4.95. The number of carbonyl (C=O) groups is 1. The van der Waals surface area contributed by atoms with Gasteiger partial charge in [0.15, 0.2) is 0 Å². The number of anilines is 1. The Hall–Kier alpha value is -1.39. The van der Waals surface area contributed by atoms with Gasteiger partial charge >= 0.3 is 0 Å². The monoisotopic (exact) mass is 279 g/mol. The number of aliphatic hydroxyl groups excluding tert-OH is 1. The maximum atomic E-state index is 11.1. The predicted molar refractivity (Wildman–Crippen MR) is 80.5 cm³/mol. The van der Waals surface area contributed by atoms with E-state index in [2.05, 4.69) is 5.32 Å². The number of amides is 1. The molecular weight excluding hydrogens is 254 g/mol. The number of benzene rings is 1. The Bertz CT molecular complexity index is 477. The number of hydrogen-bond donors (Lipinski definition) is 3. The van der Waals surface area contributed by atoms with E-state index < -0.39 is 17.1 Å². The van der Waals surface area contributed by atoms with Crippen LogP contribution in [0.4, 0.5) is 5.69 Å². The van der Waals surface area contributed by atoms with Crippen LogP contribution >= 0.6 is 0 Å². The first-order valence-corrected chi connectivity index (χ1v) is 6.83. The van der Waals surface area contributed by atoms with Crippen molar-refractivity contribution in [3.8, 4) is 0 Å². The maximum absolute atomic E-state index is 11.1. The highest BCUT2D eigenvalue weighted by Crippen LogP contribution is 2.36. The summed E-state index contributed by atoms with van der Waals surface area (Å²) in [5, 5.41) is 23.5. The van der Waals surface area contributed by atoms with Crippen LogP contribution in [-0.2, 0) is 11.2 Å². The summed E-state index contributed by atoms with van der Waals surface area (Å²) >= 11 is 0. The maximum Gasteiger partial charge on any atom is 0.221 e. The summed E-state index contributed by atoms with van der Waals surface area (Å²) in [5.41, 5.74) is -0.140. The highest BCUT2D eigenvalue weighted by molar-refractivity contribution is 5.88. The normalized spacial score (nSPS) is 16.4. The zero-order valence-corrected chi connectivity index (χ0v) is 12.9. The van der Waals surface area contributed by atoms with E-state index in [-0.39, 0.29) is 5.91 Å².